The van der Waals surface area contributed by atoms with E-state index in [-0.39, 0.29) is 31.3 Å². The van der Waals surface area contributed by atoms with Crippen LogP contribution in [0.15, 0.2) is 97.1 Å². The zero-order valence-electron chi connectivity index (χ0n) is 22.0. The number of carbonyl (C=O) groups is 1. The Morgan fingerprint density at radius 3 is 1.52 bits per heavy atom. The lowest BCUT2D eigenvalue weighted by Gasteiger charge is -2.25. The van der Waals surface area contributed by atoms with E-state index in [0.717, 1.165) is 11.1 Å². The molecule has 0 aliphatic rings. The van der Waals surface area contributed by atoms with Crippen molar-refractivity contribution in [2.45, 2.75) is 38.8 Å². The Bertz CT molecular complexity index is 1320. The first kappa shape index (κ1) is 28.7. The number of hydrogen-bond acceptors (Lipinski definition) is 5. The fourth-order valence-corrected chi connectivity index (χ4v) is 4.23. The Kier molecular flexibility index (Phi) is 10.2. The average Bonchev–Trinajstić information content (AvgIpc) is 2.96. The number of rotatable bonds is 14. The van der Waals surface area contributed by atoms with Crippen LogP contribution in [0.4, 0.5) is 8.78 Å². The number of benzene rings is 4. The second-order valence-corrected chi connectivity index (χ2v) is 9.42. The number of carboxylic acid groups (broad SMARTS) is 1. The van der Waals surface area contributed by atoms with Crippen LogP contribution in [0.3, 0.4) is 0 Å². The second kappa shape index (κ2) is 14.2. The van der Waals surface area contributed by atoms with Crippen molar-refractivity contribution in [3.05, 3.63) is 131 Å². The Labute approximate surface area is 232 Å². The summed E-state index contributed by atoms with van der Waals surface area (Å²) < 4.78 is 40.3. The van der Waals surface area contributed by atoms with Gasteiger partial charge in [-0.3, -0.25) is 9.69 Å². The molecule has 4 aromatic carbocycles. The van der Waals surface area contributed by atoms with Gasteiger partial charge in [-0.25, -0.2) is 8.78 Å². The number of aliphatic carboxylic acids is 1. The van der Waals surface area contributed by atoms with Crippen molar-refractivity contribution < 1.29 is 28.2 Å². The monoisotopic (exact) mass is 546 g/mol. The SMILES string of the molecule is N[C@@H](CCN(Cc1ccccc1OCc1ccccc1F)Cc1ccccc1OCc1ccccc1F)C(=O)O. The molecule has 208 valence electrons. The molecule has 0 bridgehead atoms. The first-order chi connectivity index (χ1) is 19.4. The van der Waals surface area contributed by atoms with Crippen LogP contribution in [0.1, 0.15) is 28.7 Å². The predicted molar refractivity (Wildman–Crippen MR) is 149 cm³/mol. The van der Waals surface area contributed by atoms with Crippen molar-refractivity contribution in [1.29, 1.82) is 0 Å². The molecule has 40 heavy (non-hydrogen) atoms. The fourth-order valence-electron chi connectivity index (χ4n) is 4.23. The smallest absolute Gasteiger partial charge is 0.320 e. The summed E-state index contributed by atoms with van der Waals surface area (Å²) in [5.74, 6) is -0.542. The largest absolute Gasteiger partial charge is 0.488 e. The summed E-state index contributed by atoms with van der Waals surface area (Å²) in [7, 11) is 0. The number of halogens is 2. The quantitative estimate of drug-likeness (QED) is 0.204. The van der Waals surface area contributed by atoms with Crippen LogP contribution in [0.25, 0.3) is 0 Å². The molecule has 4 rings (SSSR count). The maximum atomic E-state index is 14.1. The Hall–Kier alpha value is -4.27. The zero-order valence-corrected chi connectivity index (χ0v) is 22.0. The van der Waals surface area contributed by atoms with E-state index in [4.69, 9.17) is 15.2 Å². The van der Waals surface area contributed by atoms with E-state index in [1.54, 1.807) is 36.4 Å². The van der Waals surface area contributed by atoms with E-state index in [0.29, 0.717) is 42.3 Å². The molecule has 0 heterocycles. The molecular weight excluding hydrogens is 514 g/mol. The number of nitrogens with two attached hydrogens (primary N) is 1. The third-order valence-electron chi connectivity index (χ3n) is 6.49. The fraction of sp³-hybridized carbons (Fsp3) is 0.219. The van der Waals surface area contributed by atoms with Crippen molar-refractivity contribution in [1.82, 2.24) is 4.90 Å². The first-order valence-electron chi connectivity index (χ1n) is 13.0. The third-order valence-corrected chi connectivity index (χ3v) is 6.49. The highest BCUT2D eigenvalue weighted by Gasteiger charge is 2.18. The van der Waals surface area contributed by atoms with E-state index in [1.165, 1.54) is 12.1 Å². The van der Waals surface area contributed by atoms with Gasteiger partial charge in [0.25, 0.3) is 0 Å². The summed E-state index contributed by atoms with van der Waals surface area (Å²) in [5.41, 5.74) is 8.42. The number of nitrogens with zero attached hydrogens (tertiary/aromatic N) is 1. The second-order valence-electron chi connectivity index (χ2n) is 9.42. The lowest BCUT2D eigenvalue weighted by molar-refractivity contribution is -0.138. The maximum absolute atomic E-state index is 14.1. The van der Waals surface area contributed by atoms with Crippen LogP contribution in [-0.4, -0.2) is 28.6 Å². The van der Waals surface area contributed by atoms with Crippen molar-refractivity contribution in [3.8, 4) is 11.5 Å². The molecule has 0 saturated carbocycles. The number of hydrogen-bond donors (Lipinski definition) is 2. The molecule has 0 radical (unpaired) electrons. The molecule has 3 N–H and O–H groups in total. The summed E-state index contributed by atoms with van der Waals surface area (Å²) in [6.45, 7) is 1.36. The Morgan fingerprint density at radius 2 is 1.10 bits per heavy atom. The molecule has 0 amide bonds. The molecule has 0 unspecified atom stereocenters. The van der Waals surface area contributed by atoms with E-state index in [2.05, 4.69) is 4.90 Å². The van der Waals surface area contributed by atoms with Crippen molar-refractivity contribution in [3.63, 3.8) is 0 Å². The normalized spacial score (nSPS) is 11.8. The topological polar surface area (TPSA) is 85.0 Å². The molecule has 0 aliphatic heterocycles. The van der Waals surface area contributed by atoms with Crippen molar-refractivity contribution in [2.24, 2.45) is 5.73 Å². The summed E-state index contributed by atoms with van der Waals surface area (Å²) in [6.07, 6.45) is 0.228. The number of para-hydroxylation sites is 2. The van der Waals surface area contributed by atoms with E-state index in [1.807, 2.05) is 48.5 Å². The van der Waals surface area contributed by atoms with Gasteiger partial charge in [-0.05, 0) is 30.7 Å². The lowest BCUT2D eigenvalue weighted by Crippen LogP contribution is -2.35. The van der Waals surface area contributed by atoms with Crippen LogP contribution >= 0.6 is 0 Å². The molecule has 0 spiro atoms. The van der Waals surface area contributed by atoms with Gasteiger partial charge < -0.3 is 20.3 Å². The summed E-state index contributed by atoms with van der Waals surface area (Å²) >= 11 is 0. The van der Waals surface area contributed by atoms with Gasteiger partial charge in [0.1, 0.15) is 42.4 Å². The molecule has 0 aromatic heterocycles. The molecule has 0 saturated heterocycles. The molecular formula is C32H32F2N2O4. The minimum atomic E-state index is -1.07. The van der Waals surface area contributed by atoms with Gasteiger partial charge in [0.15, 0.2) is 0 Å². The molecule has 0 fully saturated rings. The maximum Gasteiger partial charge on any atom is 0.320 e. The highest BCUT2D eigenvalue weighted by atomic mass is 19.1. The van der Waals surface area contributed by atoms with Gasteiger partial charge in [-0.2, -0.15) is 0 Å². The van der Waals surface area contributed by atoms with Gasteiger partial charge in [-0.1, -0.05) is 72.8 Å². The van der Waals surface area contributed by atoms with Crippen LogP contribution in [0.2, 0.25) is 0 Å². The van der Waals surface area contributed by atoms with E-state index in [9.17, 15) is 18.7 Å². The summed E-state index contributed by atoms with van der Waals surface area (Å²) in [6, 6.07) is 26.8. The lowest BCUT2D eigenvalue weighted by atomic mass is 10.1. The highest BCUT2D eigenvalue weighted by Crippen LogP contribution is 2.26. The average molecular weight is 547 g/mol. The molecule has 4 aromatic rings. The standard InChI is InChI=1S/C32H32F2N2O4/c33-27-13-5-1-11-25(27)21-39-30-15-7-3-9-23(30)19-36(18-17-29(35)32(37)38)20-24-10-4-8-16-31(24)40-22-26-12-2-6-14-28(26)34/h1-16,29H,17-22,35H2,(H,37,38)/t29-/m0/s1. The number of ether oxygens (including phenoxy) is 2. The highest BCUT2D eigenvalue weighted by molar-refractivity contribution is 5.73. The van der Waals surface area contributed by atoms with Crippen molar-refractivity contribution in [2.75, 3.05) is 6.54 Å². The zero-order chi connectivity index (χ0) is 28.3. The Morgan fingerprint density at radius 1 is 0.700 bits per heavy atom. The van der Waals surface area contributed by atoms with Gasteiger partial charge in [0.2, 0.25) is 0 Å². The minimum absolute atomic E-state index is 0.0697. The van der Waals surface area contributed by atoms with E-state index >= 15 is 0 Å². The van der Waals surface area contributed by atoms with Crippen molar-refractivity contribution >= 4 is 5.97 Å². The van der Waals surface area contributed by atoms with E-state index < -0.39 is 12.0 Å². The van der Waals surface area contributed by atoms with Crippen LogP contribution in [0, 0.1) is 11.6 Å². The predicted octanol–water partition coefficient (Wildman–Crippen LogP) is 5.93. The molecule has 8 heteroatoms. The molecule has 6 nitrogen and oxygen atoms in total. The van der Waals surface area contributed by atoms with Gasteiger partial charge in [0.05, 0.1) is 0 Å². The summed E-state index contributed by atoms with van der Waals surface area (Å²) in [4.78, 5) is 13.4. The van der Waals surface area contributed by atoms with Crippen LogP contribution < -0.4 is 15.2 Å². The van der Waals surface area contributed by atoms with Gasteiger partial charge in [0, 0.05) is 41.9 Å². The Balaban J connectivity index is 1.52. The third kappa shape index (κ3) is 8.11. The molecule has 0 aliphatic carbocycles. The number of carboxylic acids is 1. The van der Waals surface area contributed by atoms with Gasteiger partial charge >= 0.3 is 5.97 Å². The minimum Gasteiger partial charge on any atom is -0.488 e. The summed E-state index contributed by atoms with van der Waals surface area (Å²) in [5, 5.41) is 9.32. The van der Waals surface area contributed by atoms with Gasteiger partial charge in [-0.15, -0.1) is 0 Å². The molecule has 1 atom stereocenters. The first-order valence-corrected chi connectivity index (χ1v) is 13.0. The van der Waals surface area contributed by atoms with Crippen LogP contribution in [0.5, 0.6) is 11.5 Å². The van der Waals surface area contributed by atoms with Crippen LogP contribution in [-0.2, 0) is 31.1 Å².